The number of aromatic nitrogens is 2. The van der Waals surface area contributed by atoms with Crippen molar-refractivity contribution in [3.63, 3.8) is 0 Å². The fraction of sp³-hybridized carbons (Fsp3) is 0.200. The van der Waals surface area contributed by atoms with Crippen LogP contribution >= 0.6 is 11.8 Å². The second-order valence-corrected chi connectivity index (χ2v) is 7.30. The molecule has 136 valence electrons. The van der Waals surface area contributed by atoms with Gasteiger partial charge in [0, 0.05) is 23.2 Å². The third-order valence-electron chi connectivity index (χ3n) is 4.35. The molecule has 1 aromatic heterocycles. The molecule has 0 aliphatic carbocycles. The lowest BCUT2D eigenvalue weighted by Gasteiger charge is -2.17. The van der Waals surface area contributed by atoms with Crippen LogP contribution in [0.5, 0.6) is 0 Å². The average Bonchev–Trinajstić information content (AvgIpc) is 3.15. The molecule has 1 N–H and O–H groups in total. The highest BCUT2D eigenvalue weighted by atomic mass is 32.2. The molecule has 0 saturated carbocycles. The van der Waals surface area contributed by atoms with E-state index >= 15 is 0 Å². The Labute approximate surface area is 160 Å². The Bertz CT molecular complexity index is 1010. The first-order chi connectivity index (χ1) is 13.1. The minimum absolute atomic E-state index is 0.0120. The summed E-state index contributed by atoms with van der Waals surface area (Å²) in [4.78, 5) is 23.9. The first kappa shape index (κ1) is 17.5. The zero-order chi connectivity index (χ0) is 18.8. The second kappa shape index (κ2) is 7.36. The van der Waals surface area contributed by atoms with Gasteiger partial charge in [-0.2, -0.15) is 0 Å². The van der Waals surface area contributed by atoms with Crippen molar-refractivity contribution >= 4 is 29.1 Å². The van der Waals surface area contributed by atoms with E-state index < -0.39 is 0 Å². The highest BCUT2D eigenvalue weighted by Gasteiger charge is 2.17. The van der Waals surface area contributed by atoms with Gasteiger partial charge in [-0.1, -0.05) is 29.5 Å². The summed E-state index contributed by atoms with van der Waals surface area (Å²) < 4.78 is 5.64. The Morgan fingerprint density at radius 1 is 1.15 bits per heavy atom. The van der Waals surface area contributed by atoms with Gasteiger partial charge in [-0.3, -0.25) is 9.59 Å². The van der Waals surface area contributed by atoms with Gasteiger partial charge in [0.05, 0.1) is 5.75 Å². The van der Waals surface area contributed by atoms with E-state index in [9.17, 15) is 9.59 Å². The van der Waals surface area contributed by atoms with Crippen LogP contribution in [0.3, 0.4) is 0 Å². The number of amides is 1. The number of carbonyl (C=O) groups excluding carboxylic acids is 2. The van der Waals surface area contributed by atoms with Crippen LogP contribution in [0.15, 0.2) is 52.1 Å². The number of nitrogens with zero attached hydrogens (tertiary/aromatic N) is 2. The third kappa shape index (κ3) is 3.93. The van der Waals surface area contributed by atoms with E-state index in [-0.39, 0.29) is 17.4 Å². The van der Waals surface area contributed by atoms with E-state index in [4.69, 9.17) is 4.42 Å². The van der Waals surface area contributed by atoms with Crippen LogP contribution in [0.1, 0.15) is 27.9 Å². The summed E-state index contributed by atoms with van der Waals surface area (Å²) >= 11 is 1.22. The van der Waals surface area contributed by atoms with Gasteiger partial charge >= 0.3 is 0 Å². The number of Topliss-reactive ketones (excluding diaryl/α,β-unsaturated/α-hetero) is 1. The highest BCUT2D eigenvalue weighted by molar-refractivity contribution is 7.99. The number of fused-ring (bicyclic) bond motifs is 1. The number of aryl methyl sites for hydroxylation is 2. The van der Waals surface area contributed by atoms with Crippen molar-refractivity contribution in [3.8, 4) is 11.5 Å². The lowest BCUT2D eigenvalue weighted by Crippen LogP contribution is -2.19. The summed E-state index contributed by atoms with van der Waals surface area (Å²) in [6.45, 7) is 2.01. The molecule has 6 nitrogen and oxygen atoms in total. The van der Waals surface area contributed by atoms with E-state index in [1.54, 1.807) is 12.1 Å². The maximum absolute atomic E-state index is 12.5. The van der Waals surface area contributed by atoms with Crippen LogP contribution in [0.25, 0.3) is 11.5 Å². The number of ketones is 1. The Hall–Kier alpha value is -2.93. The molecular weight excluding hydrogens is 362 g/mol. The summed E-state index contributed by atoms with van der Waals surface area (Å²) in [6, 6.07) is 13.2. The predicted molar refractivity (Wildman–Crippen MR) is 103 cm³/mol. The van der Waals surface area contributed by atoms with E-state index in [0.717, 1.165) is 22.4 Å². The van der Waals surface area contributed by atoms with Crippen molar-refractivity contribution in [3.05, 3.63) is 59.2 Å². The first-order valence-corrected chi connectivity index (χ1v) is 9.56. The monoisotopic (exact) mass is 379 g/mol. The summed E-state index contributed by atoms with van der Waals surface area (Å²) in [5.74, 6) is 0.642. The number of nitrogens with one attached hydrogen (secondary N) is 1. The SMILES string of the molecule is Cc1ccc(-c2nnc(SCC(=O)c3ccc4c(c3)CCC(=O)N4)o2)cc1. The molecule has 0 unspecified atom stereocenters. The topological polar surface area (TPSA) is 85.1 Å². The van der Waals surface area contributed by atoms with Gasteiger partial charge in [0.15, 0.2) is 5.78 Å². The summed E-state index contributed by atoms with van der Waals surface area (Å²) in [6.07, 6.45) is 1.10. The van der Waals surface area contributed by atoms with Crippen LogP contribution in [0, 0.1) is 6.92 Å². The van der Waals surface area contributed by atoms with Gasteiger partial charge in [-0.15, -0.1) is 10.2 Å². The molecule has 1 aliphatic heterocycles. The molecule has 1 aliphatic rings. The number of hydrogen-bond donors (Lipinski definition) is 1. The molecule has 1 amide bonds. The van der Waals surface area contributed by atoms with Crippen molar-refractivity contribution in [1.82, 2.24) is 10.2 Å². The molecule has 0 spiro atoms. The molecule has 2 aromatic carbocycles. The molecule has 3 aromatic rings. The van der Waals surface area contributed by atoms with E-state index in [1.165, 1.54) is 11.8 Å². The second-order valence-electron chi connectivity index (χ2n) is 6.37. The maximum atomic E-state index is 12.5. The molecule has 27 heavy (non-hydrogen) atoms. The van der Waals surface area contributed by atoms with E-state index in [2.05, 4.69) is 15.5 Å². The van der Waals surface area contributed by atoms with Crippen molar-refractivity contribution in [2.75, 3.05) is 11.1 Å². The standard InChI is InChI=1S/C20H17N3O3S/c1-12-2-4-13(5-3-12)19-22-23-20(26-19)27-11-17(24)15-6-8-16-14(10-15)7-9-18(25)21-16/h2-6,8,10H,7,9,11H2,1H3,(H,21,25). The average molecular weight is 379 g/mol. The molecule has 0 radical (unpaired) electrons. The molecule has 4 rings (SSSR count). The lowest BCUT2D eigenvalue weighted by molar-refractivity contribution is -0.116. The molecule has 0 fully saturated rings. The highest BCUT2D eigenvalue weighted by Crippen LogP contribution is 2.26. The van der Waals surface area contributed by atoms with Gasteiger partial charge in [0.2, 0.25) is 11.8 Å². The summed E-state index contributed by atoms with van der Waals surface area (Å²) in [5.41, 5.74) is 4.40. The van der Waals surface area contributed by atoms with Gasteiger partial charge in [-0.25, -0.2) is 0 Å². The van der Waals surface area contributed by atoms with Crippen LogP contribution < -0.4 is 5.32 Å². The van der Waals surface area contributed by atoms with Crippen LogP contribution in [-0.4, -0.2) is 27.6 Å². The Balaban J connectivity index is 1.41. The zero-order valence-corrected chi connectivity index (χ0v) is 15.5. The number of benzene rings is 2. The number of carbonyl (C=O) groups is 2. The Morgan fingerprint density at radius 2 is 1.96 bits per heavy atom. The van der Waals surface area contributed by atoms with Gasteiger partial charge < -0.3 is 9.73 Å². The van der Waals surface area contributed by atoms with E-state index in [1.807, 2.05) is 37.3 Å². The van der Waals surface area contributed by atoms with E-state index in [0.29, 0.717) is 29.5 Å². The Kier molecular flexibility index (Phi) is 4.77. The van der Waals surface area contributed by atoms with Gasteiger partial charge in [-0.05, 0) is 49.2 Å². The summed E-state index contributed by atoms with van der Waals surface area (Å²) in [5, 5.41) is 11.2. The number of thioether (sulfide) groups is 1. The van der Waals surface area contributed by atoms with Crippen LogP contribution in [0.2, 0.25) is 0 Å². The van der Waals surface area contributed by atoms with Crippen molar-refractivity contribution in [1.29, 1.82) is 0 Å². The van der Waals surface area contributed by atoms with Gasteiger partial charge in [0.1, 0.15) is 0 Å². The third-order valence-corrected chi connectivity index (χ3v) is 5.17. The van der Waals surface area contributed by atoms with Crippen molar-refractivity contribution < 1.29 is 14.0 Å². The fourth-order valence-electron chi connectivity index (χ4n) is 2.85. The van der Waals surface area contributed by atoms with Crippen molar-refractivity contribution in [2.45, 2.75) is 25.0 Å². The normalized spacial score (nSPS) is 13.1. The van der Waals surface area contributed by atoms with Crippen LogP contribution in [0.4, 0.5) is 5.69 Å². The maximum Gasteiger partial charge on any atom is 0.277 e. The number of hydrogen-bond acceptors (Lipinski definition) is 6. The molecule has 0 bridgehead atoms. The van der Waals surface area contributed by atoms with Crippen molar-refractivity contribution in [2.24, 2.45) is 0 Å². The molecule has 0 atom stereocenters. The predicted octanol–water partition coefficient (Wildman–Crippen LogP) is 3.90. The zero-order valence-electron chi connectivity index (χ0n) is 14.7. The molecule has 0 saturated heterocycles. The number of anilines is 1. The largest absolute Gasteiger partial charge is 0.411 e. The van der Waals surface area contributed by atoms with Gasteiger partial charge in [0.25, 0.3) is 5.22 Å². The first-order valence-electron chi connectivity index (χ1n) is 8.58. The minimum atomic E-state index is -0.0187. The quantitative estimate of drug-likeness (QED) is 0.534. The Morgan fingerprint density at radius 3 is 2.78 bits per heavy atom. The fourth-order valence-corrected chi connectivity index (χ4v) is 3.51. The lowest BCUT2D eigenvalue weighted by atomic mass is 9.99. The smallest absolute Gasteiger partial charge is 0.277 e. The summed E-state index contributed by atoms with van der Waals surface area (Å²) in [7, 11) is 0. The molecule has 7 heteroatoms. The van der Waals surface area contributed by atoms with Crippen LogP contribution in [-0.2, 0) is 11.2 Å². The molecule has 2 heterocycles. The minimum Gasteiger partial charge on any atom is -0.411 e. The molecular formula is C20H17N3O3S. The number of rotatable bonds is 5.